The Balaban J connectivity index is 2.11. The van der Waals surface area contributed by atoms with Gasteiger partial charge in [-0.05, 0) is 35.7 Å². The van der Waals surface area contributed by atoms with Crippen LogP contribution in [0.1, 0.15) is 17.9 Å². The molecule has 1 heterocycles. The lowest BCUT2D eigenvalue weighted by atomic mass is 9.88. The van der Waals surface area contributed by atoms with E-state index in [1.54, 1.807) is 0 Å². The lowest BCUT2D eigenvalue weighted by Crippen LogP contribution is -2.10. The normalized spacial score (nSPS) is 19.0. The number of hydrogen-bond acceptors (Lipinski definition) is 2. The van der Waals surface area contributed by atoms with Gasteiger partial charge >= 0.3 is 0 Å². The van der Waals surface area contributed by atoms with Gasteiger partial charge in [-0.15, -0.1) is 0 Å². The fraction of sp³-hybridized carbons (Fsp3) is 0.250. The van der Waals surface area contributed by atoms with Crippen molar-refractivity contribution in [1.82, 2.24) is 5.32 Å². The molecule has 2 heteroatoms. The third kappa shape index (κ3) is 2.00. The van der Waals surface area contributed by atoms with Crippen molar-refractivity contribution in [1.29, 1.82) is 0 Å². The van der Waals surface area contributed by atoms with E-state index in [2.05, 4.69) is 35.6 Å². The minimum atomic E-state index is 0.543. The molecule has 1 atom stereocenters. The summed E-state index contributed by atoms with van der Waals surface area (Å²) >= 11 is 0. The second-order valence-corrected chi connectivity index (χ2v) is 4.86. The number of anilines is 1. The van der Waals surface area contributed by atoms with Crippen molar-refractivity contribution in [3.8, 4) is 11.1 Å². The van der Waals surface area contributed by atoms with Crippen molar-refractivity contribution in [2.75, 3.05) is 18.8 Å². The first kappa shape index (κ1) is 11.3. The first-order valence-corrected chi connectivity index (χ1v) is 6.51. The molecule has 0 spiro atoms. The highest BCUT2D eigenvalue weighted by Gasteiger charge is 2.22. The van der Waals surface area contributed by atoms with Gasteiger partial charge in [-0.2, -0.15) is 0 Å². The summed E-state index contributed by atoms with van der Waals surface area (Å²) in [6.45, 7) is 2.13. The summed E-state index contributed by atoms with van der Waals surface area (Å²) in [4.78, 5) is 0. The van der Waals surface area contributed by atoms with Crippen molar-refractivity contribution in [3.05, 3.63) is 54.1 Å². The molecule has 0 amide bonds. The smallest absolute Gasteiger partial charge is 0.0356 e. The maximum absolute atomic E-state index is 6.21. The molecule has 0 aromatic heterocycles. The first-order valence-electron chi connectivity index (χ1n) is 6.51. The number of benzene rings is 2. The van der Waals surface area contributed by atoms with Crippen molar-refractivity contribution in [2.45, 2.75) is 12.3 Å². The molecule has 2 aromatic rings. The zero-order valence-corrected chi connectivity index (χ0v) is 10.4. The van der Waals surface area contributed by atoms with E-state index in [1.165, 1.54) is 23.1 Å². The van der Waals surface area contributed by atoms with Gasteiger partial charge in [0.1, 0.15) is 0 Å². The molecule has 1 aliphatic rings. The molecule has 2 aromatic carbocycles. The van der Waals surface area contributed by atoms with E-state index in [-0.39, 0.29) is 0 Å². The summed E-state index contributed by atoms with van der Waals surface area (Å²) in [5.41, 5.74) is 11.0. The predicted octanol–water partition coefficient (Wildman–Crippen LogP) is 3.01. The fourth-order valence-corrected chi connectivity index (χ4v) is 2.81. The SMILES string of the molecule is Nc1cccc(-c2ccccc2)c1C1CCNC1. The summed E-state index contributed by atoms with van der Waals surface area (Å²) in [5.74, 6) is 0.543. The van der Waals surface area contributed by atoms with Crippen LogP contribution in [0.15, 0.2) is 48.5 Å². The molecule has 0 radical (unpaired) electrons. The van der Waals surface area contributed by atoms with Gasteiger partial charge in [0.15, 0.2) is 0 Å². The standard InChI is InChI=1S/C16H18N2/c17-15-8-4-7-14(12-5-2-1-3-6-12)16(15)13-9-10-18-11-13/h1-8,13,18H,9-11,17H2. The van der Waals surface area contributed by atoms with Crippen LogP contribution < -0.4 is 11.1 Å². The second kappa shape index (κ2) is 4.83. The van der Waals surface area contributed by atoms with Gasteiger partial charge in [0, 0.05) is 18.2 Å². The Labute approximate surface area is 108 Å². The Morgan fingerprint density at radius 1 is 1.00 bits per heavy atom. The molecular weight excluding hydrogens is 220 g/mol. The van der Waals surface area contributed by atoms with Crippen LogP contribution in [0.3, 0.4) is 0 Å². The predicted molar refractivity (Wildman–Crippen MR) is 76.5 cm³/mol. The molecule has 3 rings (SSSR count). The topological polar surface area (TPSA) is 38.0 Å². The minimum absolute atomic E-state index is 0.543. The van der Waals surface area contributed by atoms with Gasteiger partial charge in [-0.1, -0.05) is 42.5 Å². The van der Waals surface area contributed by atoms with Crippen LogP contribution in [-0.2, 0) is 0 Å². The van der Waals surface area contributed by atoms with Gasteiger partial charge in [0.2, 0.25) is 0 Å². The van der Waals surface area contributed by atoms with E-state index in [0.29, 0.717) is 5.92 Å². The Bertz CT molecular complexity index is 528. The number of nitrogens with one attached hydrogen (secondary N) is 1. The molecule has 0 aliphatic carbocycles. The highest BCUT2D eigenvalue weighted by atomic mass is 14.9. The van der Waals surface area contributed by atoms with Gasteiger partial charge in [-0.3, -0.25) is 0 Å². The average Bonchev–Trinajstić information content (AvgIpc) is 2.93. The molecule has 3 N–H and O–H groups in total. The molecule has 2 nitrogen and oxygen atoms in total. The lowest BCUT2D eigenvalue weighted by molar-refractivity contribution is 0.767. The van der Waals surface area contributed by atoms with Crippen LogP contribution in [0.2, 0.25) is 0 Å². The summed E-state index contributed by atoms with van der Waals surface area (Å²) in [6, 6.07) is 16.8. The van der Waals surface area contributed by atoms with E-state index in [0.717, 1.165) is 18.8 Å². The molecule has 1 unspecified atom stereocenters. The molecule has 1 saturated heterocycles. The van der Waals surface area contributed by atoms with Crippen LogP contribution in [-0.4, -0.2) is 13.1 Å². The Hall–Kier alpha value is -1.80. The van der Waals surface area contributed by atoms with Crippen LogP contribution in [0.4, 0.5) is 5.69 Å². The third-order valence-corrected chi connectivity index (χ3v) is 3.69. The molecule has 92 valence electrons. The van der Waals surface area contributed by atoms with Gasteiger partial charge in [-0.25, -0.2) is 0 Å². The van der Waals surface area contributed by atoms with E-state index in [1.807, 2.05) is 18.2 Å². The van der Waals surface area contributed by atoms with Gasteiger partial charge < -0.3 is 11.1 Å². The largest absolute Gasteiger partial charge is 0.398 e. The maximum Gasteiger partial charge on any atom is 0.0356 e. The van der Waals surface area contributed by atoms with Crippen molar-refractivity contribution < 1.29 is 0 Å². The van der Waals surface area contributed by atoms with Crippen LogP contribution in [0.25, 0.3) is 11.1 Å². The molecule has 0 saturated carbocycles. The van der Waals surface area contributed by atoms with E-state index in [4.69, 9.17) is 5.73 Å². The van der Waals surface area contributed by atoms with E-state index in [9.17, 15) is 0 Å². The summed E-state index contributed by atoms with van der Waals surface area (Å²) < 4.78 is 0. The number of hydrogen-bond donors (Lipinski definition) is 2. The maximum atomic E-state index is 6.21. The highest BCUT2D eigenvalue weighted by Crippen LogP contribution is 2.36. The number of rotatable bonds is 2. The summed E-state index contributed by atoms with van der Waals surface area (Å²) in [5, 5.41) is 3.42. The van der Waals surface area contributed by atoms with Crippen molar-refractivity contribution in [2.24, 2.45) is 0 Å². The van der Waals surface area contributed by atoms with Gasteiger partial charge in [0.05, 0.1) is 0 Å². The zero-order valence-electron chi connectivity index (χ0n) is 10.4. The van der Waals surface area contributed by atoms with E-state index >= 15 is 0 Å². The van der Waals surface area contributed by atoms with Crippen LogP contribution in [0.5, 0.6) is 0 Å². The summed E-state index contributed by atoms with van der Waals surface area (Å²) in [6.07, 6.45) is 1.17. The van der Waals surface area contributed by atoms with Crippen molar-refractivity contribution >= 4 is 5.69 Å². The average molecular weight is 238 g/mol. The third-order valence-electron chi connectivity index (χ3n) is 3.69. The van der Waals surface area contributed by atoms with Gasteiger partial charge in [0.25, 0.3) is 0 Å². The van der Waals surface area contributed by atoms with Crippen LogP contribution in [0, 0.1) is 0 Å². The van der Waals surface area contributed by atoms with Crippen LogP contribution >= 0.6 is 0 Å². The Morgan fingerprint density at radius 2 is 1.83 bits per heavy atom. The quantitative estimate of drug-likeness (QED) is 0.789. The fourth-order valence-electron chi connectivity index (χ4n) is 2.81. The Morgan fingerprint density at radius 3 is 2.56 bits per heavy atom. The first-order chi connectivity index (χ1) is 8.86. The molecule has 0 bridgehead atoms. The minimum Gasteiger partial charge on any atom is -0.398 e. The summed E-state index contributed by atoms with van der Waals surface area (Å²) in [7, 11) is 0. The molecular formula is C16H18N2. The number of nitrogens with two attached hydrogens (primary N) is 1. The number of nitrogen functional groups attached to an aromatic ring is 1. The van der Waals surface area contributed by atoms with Crippen molar-refractivity contribution in [3.63, 3.8) is 0 Å². The molecule has 1 fully saturated rings. The lowest BCUT2D eigenvalue weighted by Gasteiger charge is -2.17. The highest BCUT2D eigenvalue weighted by molar-refractivity contribution is 5.74. The Kier molecular flexibility index (Phi) is 3.03. The molecule has 18 heavy (non-hydrogen) atoms. The zero-order chi connectivity index (χ0) is 12.4. The van der Waals surface area contributed by atoms with E-state index < -0.39 is 0 Å². The second-order valence-electron chi connectivity index (χ2n) is 4.86. The molecule has 1 aliphatic heterocycles. The monoisotopic (exact) mass is 238 g/mol.